The molecule has 0 saturated heterocycles. The van der Waals surface area contributed by atoms with E-state index in [0.29, 0.717) is 22.0 Å². The van der Waals surface area contributed by atoms with Crippen LogP contribution in [0.3, 0.4) is 0 Å². The van der Waals surface area contributed by atoms with E-state index in [1.54, 1.807) is 35.0 Å². The fourth-order valence-corrected chi connectivity index (χ4v) is 3.38. The molecule has 9 heteroatoms. The molecule has 0 fully saturated rings. The summed E-state index contributed by atoms with van der Waals surface area (Å²) in [4.78, 5) is 16.1. The minimum atomic E-state index is -0.559. The highest BCUT2D eigenvalue weighted by Crippen LogP contribution is 2.33. The van der Waals surface area contributed by atoms with E-state index in [1.807, 2.05) is 41.6 Å². The quantitative estimate of drug-likeness (QED) is 0.279. The van der Waals surface area contributed by atoms with Crippen LogP contribution in [0.15, 0.2) is 100 Å². The second-order valence-electron chi connectivity index (χ2n) is 6.86. The molecule has 0 radical (unpaired) electrons. The van der Waals surface area contributed by atoms with E-state index in [-0.39, 0.29) is 5.56 Å². The number of benzene rings is 1. The van der Waals surface area contributed by atoms with Crippen molar-refractivity contribution in [2.24, 2.45) is 0 Å². The molecule has 0 spiro atoms. The number of hydrogen-bond donors (Lipinski definition) is 3. The Morgan fingerprint density at radius 1 is 1.22 bits per heavy atom. The fourth-order valence-electron chi connectivity index (χ4n) is 3.22. The number of thiol groups is 1. The lowest BCUT2D eigenvalue weighted by molar-refractivity contribution is 0.584. The molecule has 2 N–H and O–H groups in total. The van der Waals surface area contributed by atoms with Gasteiger partial charge in [-0.2, -0.15) is 4.39 Å². The molecule has 0 amide bonds. The van der Waals surface area contributed by atoms with Crippen molar-refractivity contribution < 1.29 is 4.39 Å². The van der Waals surface area contributed by atoms with Gasteiger partial charge in [-0.25, -0.2) is 4.98 Å². The van der Waals surface area contributed by atoms with Gasteiger partial charge in [0, 0.05) is 53.6 Å². The summed E-state index contributed by atoms with van der Waals surface area (Å²) in [7, 11) is 0. The van der Waals surface area contributed by atoms with Gasteiger partial charge in [-0.05, 0) is 42.5 Å². The number of hydrazine groups is 2. The lowest BCUT2D eigenvalue weighted by atomic mass is 10.0. The molecule has 0 unspecified atom stereocenters. The highest BCUT2D eigenvalue weighted by molar-refractivity contribution is 7.86. The first kappa shape index (κ1) is 21.9. The van der Waals surface area contributed by atoms with Gasteiger partial charge in [-0.3, -0.25) is 14.4 Å². The van der Waals surface area contributed by atoms with E-state index in [9.17, 15) is 9.18 Å². The monoisotopic (exact) mass is 467 g/mol. The summed E-state index contributed by atoms with van der Waals surface area (Å²) in [5.74, 6) is -0.559. The SMILES string of the molecule is O=c1ccccn1-c1ccc(N2C=C(C/C=C/C=C(\S)Cl)NN2)c(-c2ccc(F)nc2)c1. The van der Waals surface area contributed by atoms with Gasteiger partial charge in [-0.1, -0.05) is 29.8 Å². The minimum Gasteiger partial charge on any atom is -0.306 e. The second-order valence-corrected chi connectivity index (χ2v) is 8.02. The maximum atomic E-state index is 13.4. The molecule has 1 aliphatic heterocycles. The maximum absolute atomic E-state index is 13.4. The average Bonchev–Trinajstić information content (AvgIpc) is 3.26. The van der Waals surface area contributed by atoms with Gasteiger partial charge in [0.25, 0.3) is 5.56 Å². The van der Waals surface area contributed by atoms with Crippen LogP contribution in [0.4, 0.5) is 10.1 Å². The zero-order chi connectivity index (χ0) is 22.5. The molecule has 0 atom stereocenters. The van der Waals surface area contributed by atoms with Gasteiger partial charge in [0.05, 0.1) is 10.1 Å². The summed E-state index contributed by atoms with van der Waals surface area (Å²) in [6, 6.07) is 13.6. The number of rotatable bonds is 6. The van der Waals surface area contributed by atoms with Gasteiger partial charge in [0.2, 0.25) is 5.95 Å². The number of pyridine rings is 2. The van der Waals surface area contributed by atoms with Gasteiger partial charge in [0.1, 0.15) is 0 Å². The number of hydrogen-bond acceptors (Lipinski definition) is 6. The Hall–Kier alpha value is -3.33. The first-order chi connectivity index (χ1) is 15.5. The Balaban J connectivity index is 1.71. The number of nitrogens with one attached hydrogen (secondary N) is 2. The first-order valence-corrected chi connectivity index (χ1v) is 10.5. The Bertz CT molecular complexity index is 1270. The molecule has 0 saturated carbocycles. The predicted molar refractivity (Wildman–Crippen MR) is 129 cm³/mol. The average molecular weight is 468 g/mol. The summed E-state index contributed by atoms with van der Waals surface area (Å²) in [6.45, 7) is 0. The van der Waals surface area contributed by atoms with Crippen LogP contribution in [0.2, 0.25) is 0 Å². The van der Waals surface area contributed by atoms with Gasteiger partial charge < -0.3 is 5.43 Å². The number of halogens is 2. The lowest BCUT2D eigenvalue weighted by Crippen LogP contribution is -2.36. The van der Waals surface area contributed by atoms with Gasteiger partial charge >= 0.3 is 0 Å². The molecule has 1 aliphatic rings. The molecule has 6 nitrogen and oxygen atoms in total. The molecule has 162 valence electrons. The molecule has 4 rings (SSSR count). The zero-order valence-corrected chi connectivity index (χ0v) is 18.4. The smallest absolute Gasteiger partial charge is 0.255 e. The van der Waals surface area contributed by atoms with Crippen LogP contribution in [0.5, 0.6) is 0 Å². The highest BCUT2D eigenvalue weighted by atomic mass is 35.5. The third kappa shape index (κ3) is 5.11. The third-order valence-electron chi connectivity index (χ3n) is 4.71. The van der Waals surface area contributed by atoms with E-state index in [2.05, 4.69) is 28.6 Å². The molecule has 3 aromatic rings. The summed E-state index contributed by atoms with van der Waals surface area (Å²) in [5, 5.41) is 1.82. The largest absolute Gasteiger partial charge is 0.306 e. The zero-order valence-electron chi connectivity index (χ0n) is 16.7. The van der Waals surface area contributed by atoms with E-state index in [4.69, 9.17) is 11.6 Å². The molecule has 32 heavy (non-hydrogen) atoms. The lowest BCUT2D eigenvalue weighted by Gasteiger charge is -2.20. The van der Waals surface area contributed by atoms with Crippen LogP contribution in [0, 0.1) is 5.95 Å². The fraction of sp³-hybridized carbons (Fsp3) is 0.0435. The molecule has 0 bridgehead atoms. The van der Waals surface area contributed by atoms with Gasteiger partial charge in [0.15, 0.2) is 0 Å². The van der Waals surface area contributed by atoms with Crippen molar-refractivity contribution in [2.45, 2.75) is 6.42 Å². The summed E-state index contributed by atoms with van der Waals surface area (Å²) >= 11 is 9.71. The molecular formula is C23H19ClFN5OS. The van der Waals surface area contributed by atoms with Crippen molar-refractivity contribution in [3.63, 3.8) is 0 Å². The van der Waals surface area contributed by atoms with E-state index in [0.717, 1.165) is 16.9 Å². The summed E-state index contributed by atoms with van der Waals surface area (Å²) in [5.41, 5.74) is 9.98. The maximum Gasteiger partial charge on any atom is 0.255 e. The third-order valence-corrected chi connectivity index (χ3v) is 4.98. The van der Waals surface area contributed by atoms with Crippen molar-refractivity contribution in [1.29, 1.82) is 0 Å². The predicted octanol–water partition coefficient (Wildman–Crippen LogP) is 4.67. The van der Waals surface area contributed by atoms with Crippen molar-refractivity contribution >= 4 is 29.9 Å². The van der Waals surface area contributed by atoms with Crippen LogP contribution in [0.25, 0.3) is 16.8 Å². The van der Waals surface area contributed by atoms with Crippen LogP contribution >= 0.6 is 24.2 Å². The summed E-state index contributed by atoms with van der Waals surface area (Å²) in [6.07, 6.45) is 11.2. The van der Waals surface area contributed by atoms with E-state index < -0.39 is 5.95 Å². The first-order valence-electron chi connectivity index (χ1n) is 9.68. The number of allylic oxidation sites excluding steroid dienone is 3. The standard InChI is InChI=1S/C23H19ClFN5OS/c24-21(32)6-2-1-5-17-15-30(28-27-17)20-10-9-18(29-12-4-3-7-23(29)31)13-19(20)16-8-11-22(25)26-14-16/h1-4,6-15,27-28,32H,5H2/b2-1+,21-6-. The van der Waals surface area contributed by atoms with E-state index in [1.165, 1.54) is 18.3 Å². The normalized spacial score (nSPS) is 14.0. The summed E-state index contributed by atoms with van der Waals surface area (Å²) < 4.78 is 15.4. The van der Waals surface area contributed by atoms with Crippen LogP contribution in [-0.4, -0.2) is 9.55 Å². The van der Waals surface area contributed by atoms with Gasteiger partial charge in [-0.15, -0.1) is 18.2 Å². The van der Waals surface area contributed by atoms with Crippen LogP contribution in [0.1, 0.15) is 6.42 Å². The molecule has 0 aliphatic carbocycles. The Morgan fingerprint density at radius 3 is 2.84 bits per heavy atom. The Morgan fingerprint density at radius 2 is 2.09 bits per heavy atom. The van der Waals surface area contributed by atoms with Crippen molar-refractivity contribution in [1.82, 2.24) is 20.5 Å². The molecule has 2 aromatic heterocycles. The number of anilines is 1. The Labute approximate surface area is 194 Å². The number of nitrogens with zero attached hydrogens (tertiary/aromatic N) is 3. The van der Waals surface area contributed by atoms with Crippen molar-refractivity contribution in [3.8, 4) is 16.8 Å². The highest BCUT2D eigenvalue weighted by Gasteiger charge is 2.18. The van der Waals surface area contributed by atoms with Crippen molar-refractivity contribution in [3.05, 3.63) is 112 Å². The van der Waals surface area contributed by atoms with E-state index >= 15 is 0 Å². The molecule has 1 aromatic carbocycles. The molecular weight excluding hydrogens is 449 g/mol. The van der Waals surface area contributed by atoms with Crippen LogP contribution < -0.4 is 21.5 Å². The number of aromatic nitrogens is 2. The minimum absolute atomic E-state index is 0.145. The second kappa shape index (κ2) is 9.86. The molecule has 3 heterocycles. The van der Waals surface area contributed by atoms with Crippen molar-refractivity contribution in [2.75, 3.05) is 5.01 Å². The van der Waals surface area contributed by atoms with Crippen LogP contribution in [-0.2, 0) is 0 Å². The topological polar surface area (TPSA) is 62.2 Å². The Kier molecular flexibility index (Phi) is 6.75.